The summed E-state index contributed by atoms with van der Waals surface area (Å²) in [5, 5.41) is 3.62. The van der Waals surface area contributed by atoms with Gasteiger partial charge >= 0.3 is 0 Å². The molecule has 1 unspecified atom stereocenters. The molecule has 0 radical (unpaired) electrons. The van der Waals surface area contributed by atoms with E-state index >= 15 is 0 Å². The van der Waals surface area contributed by atoms with Crippen molar-refractivity contribution in [2.24, 2.45) is 0 Å². The fraction of sp³-hybridized carbons (Fsp3) is 0.353. The molecule has 0 saturated carbocycles. The van der Waals surface area contributed by atoms with Crippen molar-refractivity contribution in [2.75, 3.05) is 6.54 Å². The summed E-state index contributed by atoms with van der Waals surface area (Å²) in [4.78, 5) is 4.11. The van der Waals surface area contributed by atoms with E-state index in [9.17, 15) is 0 Å². The van der Waals surface area contributed by atoms with Gasteiger partial charge in [0.05, 0.1) is 6.04 Å². The summed E-state index contributed by atoms with van der Waals surface area (Å²) in [6.45, 7) is 7.53. The molecule has 1 N–H and O–H groups in total. The standard InChI is InChI=1S/C17H22N2/c1-4-9-19-17(15-7-10-18-11-8-15)16-6-5-13(2)14(3)12-16/h5-8,10-12,17,19H,4,9H2,1-3H3. The zero-order valence-electron chi connectivity index (χ0n) is 12.0. The van der Waals surface area contributed by atoms with Crippen LogP contribution in [-0.2, 0) is 0 Å². The van der Waals surface area contributed by atoms with Crippen LogP contribution in [0.25, 0.3) is 0 Å². The smallest absolute Gasteiger partial charge is 0.0577 e. The maximum Gasteiger partial charge on any atom is 0.0577 e. The van der Waals surface area contributed by atoms with Crippen LogP contribution in [0.3, 0.4) is 0 Å². The minimum atomic E-state index is 0.252. The van der Waals surface area contributed by atoms with Crippen LogP contribution in [0.4, 0.5) is 0 Å². The average molecular weight is 254 g/mol. The van der Waals surface area contributed by atoms with Crippen LogP contribution in [0.5, 0.6) is 0 Å². The molecule has 1 heterocycles. The Balaban J connectivity index is 2.34. The van der Waals surface area contributed by atoms with E-state index < -0.39 is 0 Å². The fourth-order valence-electron chi connectivity index (χ4n) is 2.22. The van der Waals surface area contributed by atoms with E-state index in [1.807, 2.05) is 12.4 Å². The van der Waals surface area contributed by atoms with E-state index in [0.29, 0.717) is 0 Å². The van der Waals surface area contributed by atoms with Crippen molar-refractivity contribution in [3.63, 3.8) is 0 Å². The monoisotopic (exact) mass is 254 g/mol. The number of benzene rings is 1. The molecular formula is C17H22N2. The zero-order chi connectivity index (χ0) is 13.7. The Hall–Kier alpha value is -1.67. The molecule has 1 aromatic carbocycles. The third-order valence-corrected chi connectivity index (χ3v) is 3.50. The van der Waals surface area contributed by atoms with Gasteiger partial charge in [-0.15, -0.1) is 0 Å². The molecule has 100 valence electrons. The molecule has 0 amide bonds. The molecule has 0 bridgehead atoms. The van der Waals surface area contributed by atoms with E-state index in [-0.39, 0.29) is 6.04 Å². The summed E-state index contributed by atoms with van der Waals surface area (Å²) in [5.41, 5.74) is 5.28. The van der Waals surface area contributed by atoms with Crippen molar-refractivity contribution in [2.45, 2.75) is 33.2 Å². The Morgan fingerprint density at radius 3 is 2.37 bits per heavy atom. The first-order valence-electron chi connectivity index (χ1n) is 6.93. The van der Waals surface area contributed by atoms with Gasteiger partial charge in [0.25, 0.3) is 0 Å². The van der Waals surface area contributed by atoms with Crippen molar-refractivity contribution in [1.82, 2.24) is 10.3 Å². The predicted molar refractivity (Wildman–Crippen MR) is 80.3 cm³/mol. The van der Waals surface area contributed by atoms with Crippen LogP contribution < -0.4 is 5.32 Å². The molecule has 2 nitrogen and oxygen atoms in total. The molecule has 0 aliphatic heterocycles. The molecule has 0 aliphatic carbocycles. The lowest BCUT2D eigenvalue weighted by Crippen LogP contribution is -2.23. The van der Waals surface area contributed by atoms with Gasteiger partial charge in [-0.3, -0.25) is 4.98 Å². The summed E-state index contributed by atoms with van der Waals surface area (Å²) in [5.74, 6) is 0. The lowest BCUT2D eigenvalue weighted by atomic mass is 9.96. The summed E-state index contributed by atoms with van der Waals surface area (Å²) < 4.78 is 0. The van der Waals surface area contributed by atoms with Crippen LogP contribution in [0, 0.1) is 13.8 Å². The van der Waals surface area contributed by atoms with Gasteiger partial charge in [0, 0.05) is 12.4 Å². The number of pyridine rings is 1. The van der Waals surface area contributed by atoms with Crippen molar-refractivity contribution >= 4 is 0 Å². The summed E-state index contributed by atoms with van der Waals surface area (Å²) >= 11 is 0. The van der Waals surface area contributed by atoms with Crippen molar-refractivity contribution < 1.29 is 0 Å². The third kappa shape index (κ3) is 3.42. The van der Waals surface area contributed by atoms with Crippen molar-refractivity contribution in [1.29, 1.82) is 0 Å². The molecule has 0 saturated heterocycles. The summed E-state index contributed by atoms with van der Waals surface area (Å²) in [6, 6.07) is 11.1. The van der Waals surface area contributed by atoms with Gasteiger partial charge in [-0.2, -0.15) is 0 Å². The van der Waals surface area contributed by atoms with E-state index in [2.05, 4.69) is 61.4 Å². The maximum atomic E-state index is 4.11. The van der Waals surface area contributed by atoms with E-state index in [1.54, 1.807) is 0 Å². The highest BCUT2D eigenvalue weighted by Gasteiger charge is 2.13. The molecule has 0 fully saturated rings. The second-order valence-corrected chi connectivity index (χ2v) is 5.01. The first-order chi connectivity index (χ1) is 9.22. The number of rotatable bonds is 5. The molecule has 2 aromatic rings. The summed E-state index contributed by atoms with van der Waals surface area (Å²) in [6.07, 6.45) is 4.85. The van der Waals surface area contributed by atoms with Gasteiger partial charge in [0.15, 0.2) is 0 Å². The SMILES string of the molecule is CCCNC(c1ccncc1)c1ccc(C)c(C)c1. The van der Waals surface area contributed by atoms with Crippen LogP contribution in [-0.4, -0.2) is 11.5 Å². The second kappa shape index (κ2) is 6.48. The lowest BCUT2D eigenvalue weighted by molar-refractivity contribution is 0.597. The molecule has 2 rings (SSSR count). The third-order valence-electron chi connectivity index (χ3n) is 3.50. The number of hydrogen-bond donors (Lipinski definition) is 1. The van der Waals surface area contributed by atoms with Gasteiger partial charge in [-0.05, 0) is 61.2 Å². The number of aromatic nitrogens is 1. The van der Waals surface area contributed by atoms with E-state index in [1.165, 1.54) is 22.3 Å². The van der Waals surface area contributed by atoms with Gasteiger partial charge < -0.3 is 5.32 Å². The van der Waals surface area contributed by atoms with Gasteiger partial charge in [-0.1, -0.05) is 25.1 Å². The van der Waals surface area contributed by atoms with Crippen LogP contribution in [0.2, 0.25) is 0 Å². The first-order valence-corrected chi connectivity index (χ1v) is 6.93. The Labute approximate surface area is 115 Å². The highest BCUT2D eigenvalue weighted by molar-refractivity contribution is 5.36. The minimum Gasteiger partial charge on any atom is -0.306 e. The topological polar surface area (TPSA) is 24.9 Å². The van der Waals surface area contributed by atoms with Crippen molar-refractivity contribution in [3.05, 3.63) is 65.0 Å². The summed E-state index contributed by atoms with van der Waals surface area (Å²) in [7, 11) is 0. The first kappa shape index (κ1) is 13.8. The highest BCUT2D eigenvalue weighted by atomic mass is 14.9. The Morgan fingerprint density at radius 1 is 1.00 bits per heavy atom. The van der Waals surface area contributed by atoms with Gasteiger partial charge in [0.1, 0.15) is 0 Å². The molecule has 1 aromatic heterocycles. The fourth-order valence-corrected chi connectivity index (χ4v) is 2.22. The molecule has 0 spiro atoms. The lowest BCUT2D eigenvalue weighted by Gasteiger charge is -2.20. The molecule has 2 heteroatoms. The van der Waals surface area contributed by atoms with Crippen LogP contribution in [0.1, 0.15) is 41.6 Å². The second-order valence-electron chi connectivity index (χ2n) is 5.01. The Bertz CT molecular complexity index is 520. The van der Waals surface area contributed by atoms with E-state index in [0.717, 1.165) is 13.0 Å². The number of nitrogens with zero attached hydrogens (tertiary/aromatic N) is 1. The van der Waals surface area contributed by atoms with Crippen LogP contribution in [0.15, 0.2) is 42.7 Å². The Morgan fingerprint density at radius 2 is 1.74 bits per heavy atom. The number of hydrogen-bond acceptors (Lipinski definition) is 2. The van der Waals surface area contributed by atoms with Gasteiger partial charge in [0.2, 0.25) is 0 Å². The van der Waals surface area contributed by atoms with Gasteiger partial charge in [-0.25, -0.2) is 0 Å². The Kier molecular flexibility index (Phi) is 4.69. The minimum absolute atomic E-state index is 0.252. The predicted octanol–water partition coefficient (Wildman–Crippen LogP) is 3.79. The number of aryl methyl sites for hydroxylation is 2. The maximum absolute atomic E-state index is 4.11. The molecule has 19 heavy (non-hydrogen) atoms. The quantitative estimate of drug-likeness (QED) is 0.878. The highest BCUT2D eigenvalue weighted by Crippen LogP contribution is 2.23. The van der Waals surface area contributed by atoms with Crippen molar-refractivity contribution in [3.8, 4) is 0 Å². The number of nitrogens with one attached hydrogen (secondary N) is 1. The normalized spacial score (nSPS) is 12.4. The van der Waals surface area contributed by atoms with Crippen LogP contribution >= 0.6 is 0 Å². The average Bonchev–Trinajstić information content (AvgIpc) is 2.44. The molecule has 1 atom stereocenters. The molecule has 0 aliphatic rings. The molecular weight excluding hydrogens is 232 g/mol. The zero-order valence-corrected chi connectivity index (χ0v) is 12.0. The largest absolute Gasteiger partial charge is 0.306 e. The van der Waals surface area contributed by atoms with E-state index in [4.69, 9.17) is 0 Å².